The number of carbonyl (C=O) groups is 2. The van der Waals surface area contributed by atoms with E-state index in [0.717, 1.165) is 31.3 Å². The molecule has 0 aliphatic carbocycles. The van der Waals surface area contributed by atoms with Gasteiger partial charge in [0.2, 0.25) is 0 Å². The number of rotatable bonds is 19. The number of carbonyl (C=O) groups excluding carboxylic acids is 2. The van der Waals surface area contributed by atoms with Crippen molar-refractivity contribution >= 4 is 11.8 Å². The molecule has 9 heteroatoms. The summed E-state index contributed by atoms with van der Waals surface area (Å²) in [5.41, 5.74) is 0.716. The third kappa shape index (κ3) is 14.2. The van der Waals surface area contributed by atoms with Crippen molar-refractivity contribution in [2.45, 2.75) is 137 Å². The van der Waals surface area contributed by atoms with E-state index in [1.54, 1.807) is 58.1 Å². The van der Waals surface area contributed by atoms with Gasteiger partial charge in [0, 0.05) is 36.9 Å². The summed E-state index contributed by atoms with van der Waals surface area (Å²) in [5, 5.41) is 32.3. The normalized spacial score (nSPS) is 26.9. The van der Waals surface area contributed by atoms with Crippen LogP contribution in [0.1, 0.15) is 94.9 Å². The average Bonchev–Trinajstić information content (AvgIpc) is 3.13. The molecule has 1 heterocycles. The van der Waals surface area contributed by atoms with Crippen LogP contribution < -0.4 is 0 Å². The molecule has 1 rings (SSSR count). The Morgan fingerprint density at radius 3 is 2.27 bits per heavy atom. The quantitative estimate of drug-likeness (QED) is 0.0614. The first-order chi connectivity index (χ1) is 22.5. The molecular formula is C39H64O9. The van der Waals surface area contributed by atoms with Crippen LogP contribution in [0.4, 0.5) is 0 Å². The summed E-state index contributed by atoms with van der Waals surface area (Å²) in [6, 6.07) is 0. The molecule has 11 unspecified atom stereocenters. The van der Waals surface area contributed by atoms with Crippen LogP contribution in [-0.4, -0.2) is 83.2 Å². The Labute approximate surface area is 289 Å². The van der Waals surface area contributed by atoms with E-state index >= 15 is 0 Å². The topological polar surface area (TPSA) is 132 Å². The van der Waals surface area contributed by atoms with Gasteiger partial charge in [0.1, 0.15) is 24.6 Å². The van der Waals surface area contributed by atoms with Crippen LogP contribution in [-0.2, 0) is 28.5 Å². The molecule has 1 fully saturated rings. The van der Waals surface area contributed by atoms with E-state index in [4.69, 9.17) is 18.9 Å². The highest BCUT2D eigenvalue weighted by molar-refractivity contribution is 5.92. The van der Waals surface area contributed by atoms with Gasteiger partial charge in [-0.25, -0.2) is 4.79 Å². The van der Waals surface area contributed by atoms with E-state index in [0.29, 0.717) is 5.57 Å². The first kappa shape index (κ1) is 43.6. The number of unbranched alkanes of at least 4 members (excludes halogenated alkanes) is 2. The van der Waals surface area contributed by atoms with Gasteiger partial charge < -0.3 is 34.3 Å². The standard InChI is InChI=1S/C39H64O9/c1-12-13-14-17-33-29(7)38(44)39(10,47-24-46-33)23-26(4)19-22-35(42)48-37(34(45-11)18-15-16-25(2)3)30(8)36(43)28(6)32(41)21-20-27(5)31(9)40/h15-16,18-23,27-31,33-34,36-38,40,43-44H,12-14,17,24H2,1-11H3. The van der Waals surface area contributed by atoms with Crippen molar-refractivity contribution in [3.05, 3.63) is 59.8 Å². The lowest BCUT2D eigenvalue weighted by Crippen LogP contribution is -2.45. The van der Waals surface area contributed by atoms with E-state index in [1.165, 1.54) is 19.3 Å². The number of aliphatic hydroxyl groups excluding tert-OH is 3. The lowest BCUT2D eigenvalue weighted by Gasteiger charge is -2.34. The highest BCUT2D eigenvalue weighted by Crippen LogP contribution is 2.33. The highest BCUT2D eigenvalue weighted by Gasteiger charge is 2.42. The summed E-state index contributed by atoms with van der Waals surface area (Å²) >= 11 is 0. The summed E-state index contributed by atoms with van der Waals surface area (Å²) in [5.74, 6) is -2.84. The van der Waals surface area contributed by atoms with E-state index in [1.807, 2.05) is 40.7 Å². The van der Waals surface area contributed by atoms with Crippen LogP contribution in [0.5, 0.6) is 0 Å². The molecule has 1 aliphatic heterocycles. The summed E-state index contributed by atoms with van der Waals surface area (Å²) < 4.78 is 23.6. The van der Waals surface area contributed by atoms with Crippen molar-refractivity contribution in [3.8, 4) is 0 Å². The molecule has 48 heavy (non-hydrogen) atoms. The van der Waals surface area contributed by atoms with Crippen LogP contribution >= 0.6 is 0 Å². The number of methoxy groups -OCH3 is 1. The summed E-state index contributed by atoms with van der Waals surface area (Å²) in [7, 11) is 1.49. The molecular weight excluding hydrogens is 612 g/mol. The Morgan fingerprint density at radius 2 is 1.69 bits per heavy atom. The molecule has 0 aromatic heterocycles. The minimum Gasteiger partial charge on any atom is -0.456 e. The maximum atomic E-state index is 13.2. The number of ketones is 1. The average molecular weight is 677 g/mol. The minimum atomic E-state index is -1.16. The summed E-state index contributed by atoms with van der Waals surface area (Å²) in [4.78, 5) is 26.1. The minimum absolute atomic E-state index is 0.0566. The molecule has 11 atom stereocenters. The van der Waals surface area contributed by atoms with Crippen molar-refractivity contribution in [2.24, 2.45) is 23.7 Å². The number of allylic oxidation sites excluding steroid dienone is 6. The number of aliphatic hydroxyl groups is 3. The van der Waals surface area contributed by atoms with E-state index in [-0.39, 0.29) is 30.5 Å². The van der Waals surface area contributed by atoms with Gasteiger partial charge in [-0.2, -0.15) is 0 Å². The van der Waals surface area contributed by atoms with Crippen molar-refractivity contribution < 1.29 is 43.9 Å². The molecule has 0 aromatic carbocycles. The molecule has 1 saturated heterocycles. The fourth-order valence-electron chi connectivity index (χ4n) is 5.68. The molecule has 0 radical (unpaired) electrons. The van der Waals surface area contributed by atoms with Gasteiger partial charge in [-0.1, -0.05) is 95.4 Å². The molecule has 1 aliphatic rings. The SMILES string of the molecule is CCCCCC1OCOC(C)(C=C(C)C=CC(=O)OC(C(C=CC=C(C)C)OC)C(C)C(O)C(C)C(=O)C=CC(C)C(C)O)C(O)C1C. The van der Waals surface area contributed by atoms with E-state index in [2.05, 4.69) is 6.92 Å². The molecule has 274 valence electrons. The second kappa shape index (κ2) is 21.6. The lowest BCUT2D eigenvalue weighted by atomic mass is 9.83. The van der Waals surface area contributed by atoms with Crippen molar-refractivity contribution in [1.82, 2.24) is 0 Å². The third-order valence-electron chi connectivity index (χ3n) is 9.33. The van der Waals surface area contributed by atoms with Crippen LogP contribution in [0.2, 0.25) is 0 Å². The first-order valence-corrected chi connectivity index (χ1v) is 17.4. The fourth-order valence-corrected chi connectivity index (χ4v) is 5.68. The molecule has 9 nitrogen and oxygen atoms in total. The maximum absolute atomic E-state index is 13.2. The van der Waals surface area contributed by atoms with Crippen molar-refractivity contribution in [3.63, 3.8) is 0 Å². The lowest BCUT2D eigenvalue weighted by molar-refractivity contribution is -0.157. The monoisotopic (exact) mass is 676 g/mol. The van der Waals surface area contributed by atoms with E-state index < -0.39 is 53.9 Å². The van der Waals surface area contributed by atoms with Gasteiger partial charge in [0.25, 0.3) is 0 Å². The predicted octanol–water partition coefficient (Wildman–Crippen LogP) is 6.42. The molecule has 0 saturated carbocycles. The van der Waals surface area contributed by atoms with Crippen LogP contribution in [0.15, 0.2) is 59.8 Å². The smallest absolute Gasteiger partial charge is 0.331 e. The number of hydrogen-bond donors (Lipinski definition) is 3. The maximum Gasteiger partial charge on any atom is 0.331 e. The summed E-state index contributed by atoms with van der Waals surface area (Å²) in [6.07, 6.45) is 12.9. The van der Waals surface area contributed by atoms with Crippen LogP contribution in [0.3, 0.4) is 0 Å². The Balaban J connectivity index is 3.22. The zero-order valence-electron chi connectivity index (χ0n) is 31.2. The second-order valence-corrected chi connectivity index (χ2v) is 13.9. The number of ether oxygens (including phenoxy) is 4. The highest BCUT2D eigenvalue weighted by atomic mass is 16.7. The van der Waals surface area contributed by atoms with Gasteiger partial charge in [-0.15, -0.1) is 0 Å². The Morgan fingerprint density at radius 1 is 1.02 bits per heavy atom. The van der Waals surface area contributed by atoms with Crippen LogP contribution in [0, 0.1) is 23.7 Å². The Bertz CT molecular complexity index is 1130. The first-order valence-electron chi connectivity index (χ1n) is 17.4. The molecule has 0 aromatic rings. The van der Waals surface area contributed by atoms with Gasteiger partial charge in [-0.3, -0.25) is 4.79 Å². The Kier molecular flexibility index (Phi) is 19.7. The van der Waals surface area contributed by atoms with Gasteiger partial charge in [0.15, 0.2) is 5.78 Å². The predicted molar refractivity (Wildman–Crippen MR) is 190 cm³/mol. The van der Waals surface area contributed by atoms with Gasteiger partial charge in [-0.05, 0) is 53.2 Å². The molecule has 0 spiro atoms. The molecule has 3 N–H and O–H groups in total. The molecule has 0 bridgehead atoms. The third-order valence-corrected chi connectivity index (χ3v) is 9.33. The Hall–Kier alpha value is -2.40. The molecule has 0 amide bonds. The summed E-state index contributed by atoms with van der Waals surface area (Å²) in [6.45, 7) is 18.5. The van der Waals surface area contributed by atoms with Crippen molar-refractivity contribution in [1.29, 1.82) is 0 Å². The van der Waals surface area contributed by atoms with Gasteiger partial charge in [0.05, 0.1) is 24.4 Å². The number of hydrogen-bond acceptors (Lipinski definition) is 9. The van der Waals surface area contributed by atoms with Crippen molar-refractivity contribution in [2.75, 3.05) is 13.9 Å². The number of esters is 1. The zero-order valence-corrected chi connectivity index (χ0v) is 31.2. The fraction of sp³-hybridized carbons (Fsp3) is 0.692. The van der Waals surface area contributed by atoms with Gasteiger partial charge >= 0.3 is 5.97 Å². The van der Waals surface area contributed by atoms with Crippen LogP contribution in [0.25, 0.3) is 0 Å². The largest absolute Gasteiger partial charge is 0.456 e. The van der Waals surface area contributed by atoms with E-state index in [9.17, 15) is 24.9 Å². The second-order valence-electron chi connectivity index (χ2n) is 13.9. The zero-order chi connectivity index (χ0) is 36.6.